The zero-order valence-corrected chi connectivity index (χ0v) is 18.6. The summed E-state index contributed by atoms with van der Waals surface area (Å²) < 4.78 is 0. The highest BCUT2D eigenvalue weighted by atomic mass is 79.9. The van der Waals surface area contributed by atoms with E-state index >= 15 is 0 Å². The maximum absolute atomic E-state index is 3.68. The van der Waals surface area contributed by atoms with Crippen LogP contribution in [-0.2, 0) is 10.7 Å². The highest BCUT2D eigenvalue weighted by Gasteiger charge is 2.12. The van der Waals surface area contributed by atoms with Gasteiger partial charge in [-0.1, -0.05) is 117 Å². The van der Waals surface area contributed by atoms with Crippen molar-refractivity contribution >= 4 is 31.9 Å². The van der Waals surface area contributed by atoms with E-state index in [9.17, 15) is 0 Å². The lowest BCUT2D eigenvalue weighted by atomic mass is 9.90. The van der Waals surface area contributed by atoms with Crippen LogP contribution >= 0.6 is 31.9 Å². The molecule has 4 aromatic carbocycles. The summed E-state index contributed by atoms with van der Waals surface area (Å²) in [5, 5.41) is 1.66. The molecule has 2 heteroatoms. The maximum Gasteiger partial charge on any atom is 0.0289 e. The minimum atomic E-state index is 0.828. The molecule has 4 aromatic rings. The molecular formula is C26H20Br2. The van der Waals surface area contributed by atoms with Crippen molar-refractivity contribution in [1.29, 1.82) is 0 Å². The standard InChI is InChI=1S/C26H20Br2/c27-17-23-13-11-21(19-7-3-1-4-8-19)15-25(23)26-16-22(12-14-24(26)18-28)20-9-5-2-6-10-20/h1-16H,17-18H2. The molecule has 0 radical (unpaired) electrons. The van der Waals surface area contributed by atoms with E-state index in [4.69, 9.17) is 0 Å². The van der Waals surface area contributed by atoms with Crippen LogP contribution in [0.15, 0.2) is 97.1 Å². The van der Waals surface area contributed by atoms with Crippen LogP contribution < -0.4 is 0 Å². The van der Waals surface area contributed by atoms with Gasteiger partial charge in [0.2, 0.25) is 0 Å². The van der Waals surface area contributed by atoms with Gasteiger partial charge in [0.05, 0.1) is 0 Å². The number of rotatable bonds is 5. The Morgan fingerprint density at radius 1 is 0.429 bits per heavy atom. The predicted octanol–water partition coefficient (Wildman–Crippen LogP) is 8.48. The molecule has 0 aromatic heterocycles. The molecule has 0 nitrogen and oxygen atoms in total. The summed E-state index contributed by atoms with van der Waals surface area (Å²) in [5.74, 6) is 0. The van der Waals surface area contributed by atoms with Crippen molar-refractivity contribution in [3.05, 3.63) is 108 Å². The monoisotopic (exact) mass is 490 g/mol. The zero-order chi connectivity index (χ0) is 19.3. The molecule has 0 saturated heterocycles. The molecule has 0 heterocycles. The molecule has 0 aliphatic rings. The quantitative estimate of drug-likeness (QED) is 0.245. The molecule has 0 unspecified atom stereocenters. The van der Waals surface area contributed by atoms with E-state index in [1.807, 2.05) is 0 Å². The lowest BCUT2D eigenvalue weighted by Crippen LogP contribution is -1.93. The molecule has 0 N–H and O–H groups in total. The fourth-order valence-corrected chi connectivity index (χ4v) is 4.49. The van der Waals surface area contributed by atoms with E-state index in [1.165, 1.54) is 44.5 Å². The van der Waals surface area contributed by atoms with Crippen LogP contribution in [0.1, 0.15) is 11.1 Å². The van der Waals surface area contributed by atoms with E-state index < -0.39 is 0 Å². The summed E-state index contributed by atoms with van der Waals surface area (Å²) in [4.78, 5) is 0. The van der Waals surface area contributed by atoms with Crippen molar-refractivity contribution < 1.29 is 0 Å². The minimum absolute atomic E-state index is 0.828. The molecular weight excluding hydrogens is 472 g/mol. The molecule has 0 amide bonds. The normalized spacial score (nSPS) is 10.8. The second-order valence-corrected chi connectivity index (χ2v) is 7.86. The first-order valence-electron chi connectivity index (χ1n) is 9.29. The highest BCUT2D eigenvalue weighted by molar-refractivity contribution is 9.08. The fraction of sp³-hybridized carbons (Fsp3) is 0.0769. The third-order valence-electron chi connectivity index (χ3n) is 5.01. The first kappa shape index (κ1) is 19.2. The van der Waals surface area contributed by atoms with Crippen LogP contribution in [0.3, 0.4) is 0 Å². The second-order valence-electron chi connectivity index (χ2n) is 6.74. The Hall–Kier alpha value is -2.16. The van der Waals surface area contributed by atoms with Gasteiger partial charge in [0, 0.05) is 10.7 Å². The number of alkyl halides is 2. The lowest BCUT2D eigenvalue weighted by molar-refractivity contribution is 1.38. The van der Waals surface area contributed by atoms with Crippen molar-refractivity contribution in [2.75, 3.05) is 0 Å². The van der Waals surface area contributed by atoms with E-state index in [0.717, 1.165) is 10.7 Å². The molecule has 0 fully saturated rings. The van der Waals surface area contributed by atoms with Crippen molar-refractivity contribution in [2.24, 2.45) is 0 Å². The average molecular weight is 492 g/mol. The van der Waals surface area contributed by atoms with Crippen molar-refractivity contribution in [3.8, 4) is 33.4 Å². The van der Waals surface area contributed by atoms with Crippen LogP contribution in [0, 0.1) is 0 Å². The van der Waals surface area contributed by atoms with Gasteiger partial charge in [-0.2, -0.15) is 0 Å². The van der Waals surface area contributed by atoms with Gasteiger partial charge in [-0.05, 0) is 56.6 Å². The molecule has 0 spiro atoms. The summed E-state index contributed by atoms with van der Waals surface area (Å²) in [6.45, 7) is 0. The first-order valence-corrected chi connectivity index (χ1v) is 11.5. The largest absolute Gasteiger partial charge is 0.0876 e. The molecule has 28 heavy (non-hydrogen) atoms. The van der Waals surface area contributed by atoms with Crippen LogP contribution in [-0.4, -0.2) is 0 Å². The molecule has 0 saturated carbocycles. The third kappa shape index (κ3) is 3.99. The molecule has 0 atom stereocenters. The highest BCUT2D eigenvalue weighted by Crippen LogP contribution is 2.36. The average Bonchev–Trinajstić information content (AvgIpc) is 2.79. The lowest BCUT2D eigenvalue weighted by Gasteiger charge is -2.16. The Morgan fingerprint density at radius 3 is 1.18 bits per heavy atom. The number of hydrogen-bond donors (Lipinski definition) is 0. The van der Waals surface area contributed by atoms with E-state index in [-0.39, 0.29) is 0 Å². The number of benzene rings is 4. The molecule has 0 aliphatic carbocycles. The molecule has 0 aliphatic heterocycles. The van der Waals surface area contributed by atoms with Gasteiger partial charge in [-0.15, -0.1) is 0 Å². The van der Waals surface area contributed by atoms with Gasteiger partial charge in [-0.3, -0.25) is 0 Å². The first-order chi connectivity index (χ1) is 13.8. The van der Waals surface area contributed by atoms with E-state index in [0.29, 0.717) is 0 Å². The Morgan fingerprint density at radius 2 is 0.821 bits per heavy atom. The van der Waals surface area contributed by atoms with Gasteiger partial charge < -0.3 is 0 Å². The third-order valence-corrected chi connectivity index (χ3v) is 6.22. The topological polar surface area (TPSA) is 0 Å². The minimum Gasteiger partial charge on any atom is -0.0876 e. The van der Waals surface area contributed by atoms with Gasteiger partial charge in [0.15, 0.2) is 0 Å². The van der Waals surface area contributed by atoms with Crippen LogP contribution in [0.4, 0.5) is 0 Å². The van der Waals surface area contributed by atoms with Crippen LogP contribution in [0.2, 0.25) is 0 Å². The summed E-state index contributed by atoms with van der Waals surface area (Å²) in [5.41, 5.74) is 10.1. The summed E-state index contributed by atoms with van der Waals surface area (Å²) >= 11 is 7.37. The van der Waals surface area contributed by atoms with E-state index in [1.54, 1.807) is 0 Å². The smallest absolute Gasteiger partial charge is 0.0289 e. The Balaban J connectivity index is 1.90. The molecule has 4 rings (SSSR count). The van der Waals surface area contributed by atoms with Crippen molar-refractivity contribution in [2.45, 2.75) is 10.7 Å². The van der Waals surface area contributed by atoms with Crippen molar-refractivity contribution in [1.82, 2.24) is 0 Å². The zero-order valence-electron chi connectivity index (χ0n) is 15.4. The fourth-order valence-electron chi connectivity index (χ4n) is 3.51. The van der Waals surface area contributed by atoms with Crippen molar-refractivity contribution in [3.63, 3.8) is 0 Å². The summed E-state index contributed by atoms with van der Waals surface area (Å²) in [6.07, 6.45) is 0. The SMILES string of the molecule is BrCc1ccc(-c2ccccc2)cc1-c1cc(-c2ccccc2)ccc1CBr. The predicted molar refractivity (Wildman–Crippen MR) is 128 cm³/mol. The molecule has 138 valence electrons. The van der Waals surface area contributed by atoms with Gasteiger partial charge in [0.1, 0.15) is 0 Å². The van der Waals surface area contributed by atoms with E-state index in [2.05, 4.69) is 129 Å². The Kier molecular flexibility index (Phi) is 6.09. The summed E-state index contributed by atoms with van der Waals surface area (Å²) in [6, 6.07) is 34.7. The van der Waals surface area contributed by atoms with Crippen LogP contribution in [0.5, 0.6) is 0 Å². The Labute approximate surface area is 183 Å². The van der Waals surface area contributed by atoms with Gasteiger partial charge >= 0.3 is 0 Å². The number of hydrogen-bond acceptors (Lipinski definition) is 0. The Bertz CT molecular complexity index is 981. The van der Waals surface area contributed by atoms with Gasteiger partial charge in [0.25, 0.3) is 0 Å². The number of halogens is 2. The summed E-state index contributed by atoms with van der Waals surface area (Å²) in [7, 11) is 0. The van der Waals surface area contributed by atoms with Gasteiger partial charge in [-0.25, -0.2) is 0 Å². The maximum atomic E-state index is 3.68. The van der Waals surface area contributed by atoms with Crippen LogP contribution in [0.25, 0.3) is 33.4 Å². The molecule has 0 bridgehead atoms. The second kappa shape index (κ2) is 8.89.